The first-order valence-corrected chi connectivity index (χ1v) is 6.88. The molecule has 0 saturated carbocycles. The molecule has 1 aliphatic heterocycles. The normalized spacial score (nSPS) is 15.6. The third kappa shape index (κ3) is 2.41. The Bertz CT molecular complexity index is 554. The number of fused-ring (bicyclic) bond motifs is 1. The van der Waals surface area contributed by atoms with Crippen molar-refractivity contribution in [3.05, 3.63) is 47.7 Å². The lowest BCUT2D eigenvalue weighted by Crippen LogP contribution is -2.23. The minimum absolute atomic E-state index is 0.295. The first kappa shape index (κ1) is 12.7. The molecule has 1 aromatic carbocycles. The van der Waals surface area contributed by atoms with Gasteiger partial charge in [0.2, 0.25) is 0 Å². The van der Waals surface area contributed by atoms with Crippen molar-refractivity contribution >= 4 is 19.4 Å². The van der Waals surface area contributed by atoms with E-state index in [-0.39, 0.29) is 0 Å². The summed E-state index contributed by atoms with van der Waals surface area (Å²) in [5.41, 5.74) is 0.589. The molecular formula is C11H10NO5P. The molecule has 18 heavy (non-hydrogen) atoms. The SMILES string of the molecule is O=C1c2ccccc2C(=O)N1C=CCP(=O)(O)O. The maximum absolute atomic E-state index is 11.8. The fraction of sp³-hybridized carbons (Fsp3) is 0.0909. The summed E-state index contributed by atoms with van der Waals surface area (Å²) in [5, 5.41) is 0. The Labute approximate surface area is 103 Å². The molecule has 0 unspecified atom stereocenters. The zero-order valence-electron chi connectivity index (χ0n) is 9.18. The fourth-order valence-corrected chi connectivity index (χ4v) is 2.00. The third-order valence-electron chi connectivity index (χ3n) is 2.42. The molecule has 0 radical (unpaired) electrons. The second-order valence-electron chi connectivity index (χ2n) is 3.76. The smallest absolute Gasteiger partial charge is 0.324 e. The van der Waals surface area contributed by atoms with E-state index in [0.717, 1.165) is 17.2 Å². The number of hydrogen-bond acceptors (Lipinski definition) is 3. The van der Waals surface area contributed by atoms with Gasteiger partial charge in [0, 0.05) is 6.20 Å². The van der Waals surface area contributed by atoms with Crippen molar-refractivity contribution in [2.75, 3.05) is 6.16 Å². The average Bonchev–Trinajstić information content (AvgIpc) is 2.53. The minimum Gasteiger partial charge on any atom is -0.324 e. The molecule has 94 valence electrons. The average molecular weight is 267 g/mol. The van der Waals surface area contributed by atoms with Crippen LogP contribution in [-0.2, 0) is 4.57 Å². The van der Waals surface area contributed by atoms with E-state index < -0.39 is 25.6 Å². The maximum atomic E-state index is 11.8. The van der Waals surface area contributed by atoms with E-state index in [9.17, 15) is 14.2 Å². The van der Waals surface area contributed by atoms with Gasteiger partial charge in [-0.25, -0.2) is 4.90 Å². The number of carbonyl (C=O) groups is 2. The van der Waals surface area contributed by atoms with Crippen LogP contribution in [0.3, 0.4) is 0 Å². The van der Waals surface area contributed by atoms with Gasteiger partial charge in [-0.2, -0.15) is 0 Å². The summed E-state index contributed by atoms with van der Waals surface area (Å²) >= 11 is 0. The second kappa shape index (κ2) is 4.49. The highest BCUT2D eigenvalue weighted by Gasteiger charge is 2.33. The van der Waals surface area contributed by atoms with Crippen molar-refractivity contribution < 1.29 is 23.9 Å². The van der Waals surface area contributed by atoms with Crippen LogP contribution in [0.25, 0.3) is 0 Å². The monoisotopic (exact) mass is 267 g/mol. The Morgan fingerprint density at radius 3 is 2.06 bits per heavy atom. The van der Waals surface area contributed by atoms with Crippen molar-refractivity contribution in [3.63, 3.8) is 0 Å². The van der Waals surface area contributed by atoms with Gasteiger partial charge < -0.3 is 9.79 Å². The third-order valence-corrected chi connectivity index (χ3v) is 3.11. The molecule has 0 aromatic heterocycles. The summed E-state index contributed by atoms with van der Waals surface area (Å²) in [7, 11) is -4.17. The lowest BCUT2D eigenvalue weighted by Gasteiger charge is -2.07. The molecule has 0 saturated heterocycles. The van der Waals surface area contributed by atoms with Crippen molar-refractivity contribution in [2.24, 2.45) is 0 Å². The van der Waals surface area contributed by atoms with E-state index in [1.165, 1.54) is 12.1 Å². The molecular weight excluding hydrogens is 257 g/mol. The number of hydrogen-bond donors (Lipinski definition) is 2. The van der Waals surface area contributed by atoms with Crippen LogP contribution in [0.15, 0.2) is 36.5 Å². The van der Waals surface area contributed by atoms with Gasteiger partial charge in [-0.3, -0.25) is 14.2 Å². The van der Waals surface area contributed by atoms with Crippen molar-refractivity contribution in [2.45, 2.75) is 0 Å². The molecule has 0 aliphatic carbocycles. The Kier molecular flexibility index (Phi) is 3.17. The van der Waals surface area contributed by atoms with Crippen LogP contribution >= 0.6 is 7.60 Å². The maximum Gasteiger partial charge on any atom is 0.329 e. The van der Waals surface area contributed by atoms with Gasteiger partial charge in [0.25, 0.3) is 11.8 Å². The summed E-state index contributed by atoms with van der Waals surface area (Å²) < 4.78 is 10.6. The number of amides is 2. The molecule has 2 N–H and O–H groups in total. The molecule has 1 aromatic rings. The summed E-state index contributed by atoms with van der Waals surface area (Å²) in [6.07, 6.45) is 1.70. The topological polar surface area (TPSA) is 94.9 Å². The Morgan fingerprint density at radius 2 is 1.61 bits per heavy atom. The summed E-state index contributed by atoms with van der Waals surface area (Å²) in [6.45, 7) is 0. The first-order chi connectivity index (χ1) is 8.40. The predicted octanol–water partition coefficient (Wildman–Crippen LogP) is 0.974. The summed E-state index contributed by atoms with van der Waals surface area (Å²) in [6, 6.07) is 6.36. The van der Waals surface area contributed by atoms with Crippen LogP contribution in [0.5, 0.6) is 0 Å². The lowest BCUT2D eigenvalue weighted by molar-refractivity contribution is 0.0721. The van der Waals surface area contributed by atoms with Crippen LogP contribution in [0.1, 0.15) is 20.7 Å². The van der Waals surface area contributed by atoms with Crippen molar-refractivity contribution in [3.8, 4) is 0 Å². The van der Waals surface area contributed by atoms with E-state index in [1.54, 1.807) is 12.1 Å². The van der Waals surface area contributed by atoms with Gasteiger partial charge >= 0.3 is 7.60 Å². The van der Waals surface area contributed by atoms with E-state index in [1.807, 2.05) is 0 Å². The predicted molar refractivity (Wildman–Crippen MR) is 63.0 cm³/mol. The molecule has 1 aliphatic rings. The van der Waals surface area contributed by atoms with E-state index in [0.29, 0.717) is 11.1 Å². The molecule has 2 rings (SSSR count). The highest BCUT2D eigenvalue weighted by atomic mass is 31.2. The Morgan fingerprint density at radius 1 is 1.11 bits per heavy atom. The largest absolute Gasteiger partial charge is 0.329 e. The second-order valence-corrected chi connectivity index (χ2v) is 5.45. The number of imide groups is 1. The van der Waals surface area contributed by atoms with Gasteiger partial charge in [0.1, 0.15) is 0 Å². The quantitative estimate of drug-likeness (QED) is 0.628. The molecule has 6 nitrogen and oxygen atoms in total. The molecule has 0 bridgehead atoms. The highest BCUT2D eigenvalue weighted by Crippen LogP contribution is 2.34. The van der Waals surface area contributed by atoms with Crippen LogP contribution in [0, 0.1) is 0 Å². The lowest BCUT2D eigenvalue weighted by atomic mass is 10.1. The van der Waals surface area contributed by atoms with Crippen molar-refractivity contribution in [1.82, 2.24) is 4.90 Å². The number of rotatable bonds is 3. The molecule has 0 fully saturated rings. The van der Waals surface area contributed by atoms with Crippen molar-refractivity contribution in [1.29, 1.82) is 0 Å². The van der Waals surface area contributed by atoms with Gasteiger partial charge in [0.05, 0.1) is 17.3 Å². The Hall–Kier alpha value is -1.75. The van der Waals surface area contributed by atoms with Gasteiger partial charge in [-0.15, -0.1) is 0 Å². The minimum atomic E-state index is -4.17. The van der Waals surface area contributed by atoms with E-state index in [4.69, 9.17) is 9.79 Å². The number of benzene rings is 1. The molecule has 2 amide bonds. The Balaban J connectivity index is 2.22. The number of carbonyl (C=O) groups excluding carboxylic acids is 2. The van der Waals surface area contributed by atoms with Crippen LogP contribution < -0.4 is 0 Å². The molecule has 0 spiro atoms. The zero-order valence-corrected chi connectivity index (χ0v) is 10.1. The summed E-state index contributed by atoms with van der Waals surface area (Å²) in [5.74, 6) is -0.977. The van der Waals surface area contributed by atoms with Gasteiger partial charge in [-0.1, -0.05) is 18.2 Å². The standard InChI is InChI=1S/C11H10NO5P/c13-10-8-4-1-2-5-9(8)11(14)12(10)6-3-7-18(15,16)17/h1-6H,7H2,(H2,15,16,17). The molecule has 1 heterocycles. The molecule has 7 heteroatoms. The number of allylic oxidation sites excluding steroid dienone is 1. The molecule has 0 atom stereocenters. The number of nitrogens with zero attached hydrogens (tertiary/aromatic N) is 1. The van der Waals surface area contributed by atoms with Crippen LogP contribution in [0.2, 0.25) is 0 Å². The van der Waals surface area contributed by atoms with Gasteiger partial charge in [-0.05, 0) is 12.1 Å². The van der Waals surface area contributed by atoms with Crippen LogP contribution in [0.4, 0.5) is 0 Å². The zero-order chi connectivity index (χ0) is 13.3. The fourth-order valence-electron chi connectivity index (χ4n) is 1.63. The van der Waals surface area contributed by atoms with E-state index in [2.05, 4.69) is 0 Å². The highest BCUT2D eigenvalue weighted by molar-refractivity contribution is 7.51. The van der Waals surface area contributed by atoms with Gasteiger partial charge in [0.15, 0.2) is 0 Å². The van der Waals surface area contributed by atoms with Crippen LogP contribution in [-0.4, -0.2) is 32.7 Å². The van der Waals surface area contributed by atoms with E-state index >= 15 is 0 Å². The summed E-state index contributed by atoms with van der Waals surface area (Å²) in [4.78, 5) is 41.8. The first-order valence-electron chi connectivity index (χ1n) is 5.08.